The summed E-state index contributed by atoms with van der Waals surface area (Å²) in [6.07, 6.45) is 1.53. The van der Waals surface area contributed by atoms with E-state index in [1.807, 2.05) is 31.2 Å². The number of aromatic nitrogens is 1. The Labute approximate surface area is 112 Å². The maximum absolute atomic E-state index is 12.2. The first-order chi connectivity index (χ1) is 9.01. The third-order valence-electron chi connectivity index (χ3n) is 2.77. The normalized spacial score (nSPS) is 11.4. The van der Waals surface area contributed by atoms with Crippen LogP contribution in [0.25, 0.3) is 10.9 Å². The number of nitrogens with one attached hydrogen (secondary N) is 1. The number of nitrogens with zero attached hydrogens (tertiary/aromatic N) is 2. The smallest absolute Gasteiger partial charge is 0.221 e. The zero-order valence-electron chi connectivity index (χ0n) is 11.2. The second kappa shape index (κ2) is 4.99. The molecule has 0 amide bonds. The van der Waals surface area contributed by atoms with Crippen molar-refractivity contribution in [3.63, 3.8) is 0 Å². The highest BCUT2D eigenvalue weighted by Gasteiger charge is 2.15. The Kier molecular flexibility index (Phi) is 3.39. The van der Waals surface area contributed by atoms with Crippen LogP contribution in [0.3, 0.4) is 0 Å². The van der Waals surface area contributed by atoms with E-state index in [1.54, 1.807) is 25.1 Å². The largest absolute Gasteiger partial charge is 0.382 e. The molecule has 1 aromatic carbocycles. The number of aromatic amines is 1. The third kappa shape index (κ3) is 2.66. The van der Waals surface area contributed by atoms with Crippen molar-refractivity contribution in [3.05, 3.63) is 47.3 Å². The number of ketones is 1. The highest BCUT2D eigenvalue weighted by Crippen LogP contribution is 2.19. The molecule has 4 nitrogen and oxygen atoms in total. The number of carbonyl (C=O) groups excluding carboxylic acids is 1. The summed E-state index contributed by atoms with van der Waals surface area (Å²) < 4.78 is 0. The van der Waals surface area contributed by atoms with Crippen LogP contribution in [0.5, 0.6) is 0 Å². The van der Waals surface area contributed by atoms with Crippen molar-refractivity contribution in [2.45, 2.75) is 6.92 Å². The van der Waals surface area contributed by atoms with Crippen LogP contribution in [0.4, 0.5) is 0 Å². The highest BCUT2D eigenvalue weighted by atomic mass is 16.1. The van der Waals surface area contributed by atoms with Gasteiger partial charge in [0.25, 0.3) is 0 Å². The van der Waals surface area contributed by atoms with Gasteiger partial charge in [0.2, 0.25) is 5.78 Å². The van der Waals surface area contributed by atoms with Gasteiger partial charge < -0.3 is 9.88 Å². The fraction of sp³-hybridized carbons (Fsp3) is 0.200. The molecule has 0 radical (unpaired) electrons. The van der Waals surface area contributed by atoms with E-state index in [-0.39, 0.29) is 11.4 Å². The lowest BCUT2D eigenvalue weighted by Crippen LogP contribution is -2.09. The summed E-state index contributed by atoms with van der Waals surface area (Å²) in [6.45, 7) is 2.00. The van der Waals surface area contributed by atoms with Crippen molar-refractivity contribution in [2.75, 3.05) is 14.1 Å². The molecule has 2 rings (SSSR count). The number of carbonyl (C=O) groups is 1. The SMILES string of the molecule is Cc1ccc2[nH]c(C(=O)/C(C#N)=C\N(C)C)cc2c1. The zero-order valence-corrected chi connectivity index (χ0v) is 11.2. The molecule has 0 fully saturated rings. The van der Waals surface area contributed by atoms with Gasteiger partial charge in [-0.15, -0.1) is 0 Å². The number of nitriles is 1. The van der Waals surface area contributed by atoms with Crippen LogP contribution in [0.1, 0.15) is 16.1 Å². The average molecular weight is 253 g/mol. The zero-order chi connectivity index (χ0) is 14.0. The predicted molar refractivity (Wildman–Crippen MR) is 74.7 cm³/mol. The molecule has 1 heterocycles. The van der Waals surface area contributed by atoms with Crippen molar-refractivity contribution in [2.24, 2.45) is 0 Å². The molecule has 19 heavy (non-hydrogen) atoms. The van der Waals surface area contributed by atoms with Crippen LogP contribution in [0, 0.1) is 18.3 Å². The monoisotopic (exact) mass is 253 g/mol. The van der Waals surface area contributed by atoms with Gasteiger partial charge in [0.15, 0.2) is 0 Å². The predicted octanol–water partition coefficient (Wildman–Crippen LogP) is 2.63. The Morgan fingerprint density at radius 2 is 2.11 bits per heavy atom. The molecule has 0 aliphatic carbocycles. The topological polar surface area (TPSA) is 59.9 Å². The molecular weight excluding hydrogens is 238 g/mol. The summed E-state index contributed by atoms with van der Waals surface area (Å²) >= 11 is 0. The quantitative estimate of drug-likeness (QED) is 0.519. The van der Waals surface area contributed by atoms with E-state index in [1.165, 1.54) is 6.20 Å². The second-order valence-electron chi connectivity index (χ2n) is 4.72. The van der Waals surface area contributed by atoms with Gasteiger partial charge in [0.05, 0.1) is 5.69 Å². The summed E-state index contributed by atoms with van der Waals surface area (Å²) in [5.41, 5.74) is 2.59. The summed E-state index contributed by atoms with van der Waals surface area (Å²) in [6, 6.07) is 9.64. The van der Waals surface area contributed by atoms with Gasteiger partial charge in [-0.25, -0.2) is 0 Å². The van der Waals surface area contributed by atoms with E-state index >= 15 is 0 Å². The van der Waals surface area contributed by atoms with Crippen molar-refractivity contribution in [1.29, 1.82) is 5.26 Å². The number of aryl methyl sites for hydroxylation is 1. The van der Waals surface area contributed by atoms with E-state index in [0.717, 1.165) is 16.5 Å². The lowest BCUT2D eigenvalue weighted by molar-refractivity contribution is 0.103. The van der Waals surface area contributed by atoms with Crippen molar-refractivity contribution < 1.29 is 4.79 Å². The molecule has 0 spiro atoms. The van der Waals surface area contributed by atoms with Crippen LogP contribution >= 0.6 is 0 Å². The summed E-state index contributed by atoms with van der Waals surface area (Å²) in [7, 11) is 3.55. The molecule has 2 aromatic rings. The minimum Gasteiger partial charge on any atom is -0.382 e. The van der Waals surface area contributed by atoms with E-state index in [9.17, 15) is 4.79 Å². The number of fused-ring (bicyclic) bond motifs is 1. The lowest BCUT2D eigenvalue weighted by Gasteiger charge is -2.04. The molecule has 1 N–H and O–H groups in total. The molecule has 0 saturated heterocycles. The summed E-state index contributed by atoms with van der Waals surface area (Å²) in [4.78, 5) is 17.0. The Morgan fingerprint density at radius 3 is 2.74 bits per heavy atom. The first-order valence-corrected chi connectivity index (χ1v) is 5.93. The molecule has 0 bridgehead atoms. The van der Waals surface area contributed by atoms with E-state index in [4.69, 9.17) is 5.26 Å². The van der Waals surface area contributed by atoms with Crippen molar-refractivity contribution >= 4 is 16.7 Å². The van der Waals surface area contributed by atoms with Gasteiger partial charge in [-0.1, -0.05) is 11.6 Å². The molecule has 96 valence electrons. The standard InChI is InChI=1S/C15H15N3O/c1-10-4-5-13-11(6-10)7-14(17-13)15(19)12(8-16)9-18(2)3/h4-7,9,17H,1-3H3/b12-9-. The molecule has 4 heteroatoms. The van der Waals surface area contributed by atoms with Crippen LogP contribution in [0.15, 0.2) is 36.0 Å². The number of benzene rings is 1. The highest BCUT2D eigenvalue weighted by molar-refractivity contribution is 6.12. The molecule has 0 aliphatic rings. The molecule has 0 saturated carbocycles. The van der Waals surface area contributed by atoms with Gasteiger partial charge in [-0.2, -0.15) is 5.26 Å². The number of rotatable bonds is 3. The molecule has 0 atom stereocenters. The number of hydrogen-bond donors (Lipinski definition) is 1. The van der Waals surface area contributed by atoms with E-state index in [0.29, 0.717) is 5.69 Å². The van der Waals surface area contributed by atoms with Crippen LogP contribution in [0.2, 0.25) is 0 Å². The Morgan fingerprint density at radius 1 is 1.37 bits per heavy atom. The molecular formula is C15H15N3O. The molecule has 1 aromatic heterocycles. The first kappa shape index (κ1) is 12.9. The Hall–Kier alpha value is -2.54. The van der Waals surface area contributed by atoms with Gasteiger partial charge in [-0.05, 0) is 25.1 Å². The maximum atomic E-state index is 12.2. The van der Waals surface area contributed by atoms with Gasteiger partial charge in [0.1, 0.15) is 11.6 Å². The Balaban J connectivity index is 2.44. The summed E-state index contributed by atoms with van der Waals surface area (Å²) in [5, 5.41) is 10.0. The number of Topliss-reactive ketones (excluding diaryl/α,β-unsaturated/α-hetero) is 1. The van der Waals surface area contributed by atoms with Gasteiger partial charge >= 0.3 is 0 Å². The average Bonchev–Trinajstić information content (AvgIpc) is 2.77. The van der Waals surface area contributed by atoms with E-state index in [2.05, 4.69) is 4.98 Å². The minimum atomic E-state index is -0.287. The van der Waals surface area contributed by atoms with Gasteiger partial charge in [0, 0.05) is 31.2 Å². The number of allylic oxidation sites excluding steroid dienone is 1. The summed E-state index contributed by atoms with van der Waals surface area (Å²) in [5.74, 6) is -0.287. The van der Waals surface area contributed by atoms with E-state index < -0.39 is 0 Å². The van der Waals surface area contributed by atoms with Gasteiger partial charge in [-0.3, -0.25) is 4.79 Å². The van der Waals surface area contributed by atoms with Crippen LogP contribution in [-0.4, -0.2) is 29.8 Å². The Bertz CT molecular complexity index is 702. The maximum Gasteiger partial charge on any atom is 0.221 e. The number of hydrogen-bond acceptors (Lipinski definition) is 3. The lowest BCUT2D eigenvalue weighted by atomic mass is 10.1. The van der Waals surface area contributed by atoms with Crippen LogP contribution in [-0.2, 0) is 0 Å². The first-order valence-electron chi connectivity index (χ1n) is 5.93. The second-order valence-corrected chi connectivity index (χ2v) is 4.72. The van der Waals surface area contributed by atoms with Crippen LogP contribution < -0.4 is 0 Å². The minimum absolute atomic E-state index is 0.119. The molecule has 0 unspecified atom stereocenters. The fourth-order valence-electron chi connectivity index (χ4n) is 1.92. The third-order valence-corrected chi connectivity index (χ3v) is 2.77. The fourth-order valence-corrected chi connectivity index (χ4v) is 1.92. The molecule has 0 aliphatic heterocycles. The van der Waals surface area contributed by atoms with Crippen molar-refractivity contribution in [1.82, 2.24) is 9.88 Å². The van der Waals surface area contributed by atoms with Crippen molar-refractivity contribution in [3.8, 4) is 6.07 Å². The number of H-pyrrole nitrogens is 1.